The molecule has 48 heavy (non-hydrogen) atoms. The first kappa shape index (κ1) is 37.6. The van der Waals surface area contributed by atoms with Gasteiger partial charge in [-0.05, 0) is 63.6 Å². The molecule has 0 spiro atoms. The molecule has 1 aliphatic rings. The van der Waals surface area contributed by atoms with Gasteiger partial charge in [-0.3, -0.25) is 28.8 Å². The van der Waals surface area contributed by atoms with E-state index in [1.165, 1.54) is 36.4 Å². The smallest absolute Gasteiger partial charge is 0.338 e. The highest BCUT2D eigenvalue weighted by Gasteiger charge is 2.80. The molecule has 0 aliphatic carbocycles. The zero-order valence-electron chi connectivity index (χ0n) is 26.7. The Labute approximate surface area is 273 Å². The summed E-state index contributed by atoms with van der Waals surface area (Å²) in [5.41, 5.74) is -10.3. The lowest BCUT2D eigenvalue weighted by Gasteiger charge is -2.57. The molecule has 2 aromatic carbocycles. The van der Waals surface area contributed by atoms with E-state index >= 15 is 0 Å². The third kappa shape index (κ3) is 6.74. The molecule has 0 bridgehead atoms. The summed E-state index contributed by atoms with van der Waals surface area (Å²) in [6.45, 7) is 4.90. The molecule has 0 aromatic heterocycles. The highest BCUT2D eigenvalue weighted by molar-refractivity contribution is 6.05. The number of aliphatic hydroxyl groups excluding tert-OH is 1. The Bertz CT molecular complexity index is 1650. The standard InChI is InChI=1S/C32H34O16/c1-15(33)26(39)27-30(41,16(2)34)32(43,18(4)36)31(42,17(3)35)29(48-27)47-23-10-7-21(8-11-23)14-44-28(40)22-9-12-24(45-19(5)37)25(13-22)46-20(6)38/h7-13,26-27,29,39,41-43H,14H2,1-6H3/t26?,27-,29-,30-,31+,32+/m1/s1. The maximum absolute atomic E-state index is 12.9. The molecule has 2 aromatic rings. The van der Waals surface area contributed by atoms with Gasteiger partial charge in [0.25, 0.3) is 0 Å². The molecule has 4 N–H and O–H groups in total. The molecule has 3 rings (SSSR count). The van der Waals surface area contributed by atoms with E-state index in [0.717, 1.165) is 33.8 Å². The second kappa shape index (κ2) is 14.1. The molecule has 6 atom stereocenters. The van der Waals surface area contributed by atoms with Crippen LogP contribution in [0, 0.1) is 0 Å². The number of hydrogen-bond acceptors (Lipinski definition) is 16. The summed E-state index contributed by atoms with van der Waals surface area (Å²) in [5, 5.41) is 45.1. The molecule has 1 saturated heterocycles. The summed E-state index contributed by atoms with van der Waals surface area (Å²) >= 11 is 0. The average molecular weight is 675 g/mol. The molecule has 0 radical (unpaired) electrons. The first-order valence-corrected chi connectivity index (χ1v) is 14.2. The molecule has 16 nitrogen and oxygen atoms in total. The second-order valence-corrected chi connectivity index (χ2v) is 11.0. The molecular weight excluding hydrogens is 640 g/mol. The number of Topliss-reactive ketones (excluding diaryl/α,β-unsaturated/α-hetero) is 4. The van der Waals surface area contributed by atoms with Crippen molar-refractivity contribution in [3.05, 3.63) is 53.6 Å². The van der Waals surface area contributed by atoms with Crippen LogP contribution in [0.2, 0.25) is 0 Å². The molecule has 1 heterocycles. The molecular formula is C32H34O16. The number of ether oxygens (including phenoxy) is 5. The van der Waals surface area contributed by atoms with Crippen LogP contribution in [0.15, 0.2) is 42.5 Å². The maximum atomic E-state index is 12.9. The minimum atomic E-state index is -3.67. The summed E-state index contributed by atoms with van der Waals surface area (Å²) in [4.78, 5) is 86.0. The van der Waals surface area contributed by atoms with Crippen LogP contribution in [0.1, 0.15) is 57.5 Å². The zero-order valence-corrected chi connectivity index (χ0v) is 26.7. The van der Waals surface area contributed by atoms with E-state index in [4.69, 9.17) is 23.7 Å². The normalized spacial score (nSPS) is 25.6. The van der Waals surface area contributed by atoms with Gasteiger partial charge in [-0.15, -0.1) is 0 Å². The van der Waals surface area contributed by atoms with Gasteiger partial charge in [0.2, 0.25) is 17.5 Å². The summed E-state index contributed by atoms with van der Waals surface area (Å²) in [7, 11) is 0. The average Bonchev–Trinajstić information content (AvgIpc) is 3.00. The highest BCUT2D eigenvalue weighted by atomic mass is 16.7. The van der Waals surface area contributed by atoms with E-state index in [2.05, 4.69) is 0 Å². The molecule has 0 amide bonds. The zero-order chi connectivity index (χ0) is 36.4. The number of carbonyl (C=O) groups is 7. The Morgan fingerprint density at radius 1 is 0.750 bits per heavy atom. The van der Waals surface area contributed by atoms with Crippen molar-refractivity contribution in [3.8, 4) is 17.2 Å². The third-order valence-electron chi connectivity index (χ3n) is 7.64. The molecule has 1 fully saturated rings. The number of hydrogen-bond donors (Lipinski definition) is 4. The Morgan fingerprint density at radius 3 is 1.77 bits per heavy atom. The van der Waals surface area contributed by atoms with Crippen molar-refractivity contribution < 1.29 is 77.7 Å². The first-order chi connectivity index (χ1) is 22.2. The molecule has 16 heteroatoms. The molecule has 1 aliphatic heterocycles. The molecule has 1 unspecified atom stereocenters. The van der Waals surface area contributed by atoms with Gasteiger partial charge in [0, 0.05) is 13.8 Å². The summed E-state index contributed by atoms with van der Waals surface area (Å²) in [6, 6.07) is 8.89. The van der Waals surface area contributed by atoms with E-state index in [-0.39, 0.29) is 29.4 Å². The lowest BCUT2D eigenvalue weighted by atomic mass is 9.60. The predicted octanol–water partition coefficient (Wildman–Crippen LogP) is -0.0919. The van der Waals surface area contributed by atoms with E-state index in [1.807, 2.05) is 0 Å². The summed E-state index contributed by atoms with van der Waals surface area (Å²) in [6.07, 6.45) is -7.07. The van der Waals surface area contributed by atoms with E-state index < -0.39 is 76.3 Å². The fourth-order valence-electron chi connectivity index (χ4n) is 5.17. The maximum Gasteiger partial charge on any atom is 0.338 e. The first-order valence-electron chi connectivity index (χ1n) is 14.2. The number of aliphatic hydroxyl groups is 4. The fraction of sp³-hybridized carbons (Fsp3) is 0.406. The van der Waals surface area contributed by atoms with Crippen LogP contribution in [0.5, 0.6) is 17.2 Å². The van der Waals surface area contributed by atoms with Crippen molar-refractivity contribution in [3.63, 3.8) is 0 Å². The van der Waals surface area contributed by atoms with E-state index in [9.17, 15) is 54.0 Å². The van der Waals surface area contributed by atoms with E-state index in [1.54, 1.807) is 0 Å². The van der Waals surface area contributed by atoms with Crippen LogP contribution in [-0.2, 0) is 44.8 Å². The SMILES string of the molecule is CC(=O)Oc1ccc(C(=O)OCc2ccc(O[C@@H]3O[C@H](C(O)C(C)=O)[C@](O)(C(C)=O)[C@@](O)(C(C)=O)[C@]3(O)C(C)=O)cc2)cc1OC(C)=O. The van der Waals surface area contributed by atoms with Gasteiger partial charge in [0.15, 0.2) is 40.2 Å². The number of carbonyl (C=O) groups excluding carboxylic acids is 7. The van der Waals surface area contributed by atoms with Crippen molar-refractivity contribution in [1.82, 2.24) is 0 Å². The van der Waals surface area contributed by atoms with Gasteiger partial charge < -0.3 is 44.1 Å². The highest BCUT2D eigenvalue weighted by Crippen LogP contribution is 2.48. The third-order valence-corrected chi connectivity index (χ3v) is 7.64. The lowest BCUT2D eigenvalue weighted by Crippen LogP contribution is -2.87. The van der Waals surface area contributed by atoms with Crippen LogP contribution in [0.4, 0.5) is 0 Å². The van der Waals surface area contributed by atoms with Crippen molar-refractivity contribution in [1.29, 1.82) is 0 Å². The number of esters is 3. The number of rotatable bonds is 12. The van der Waals surface area contributed by atoms with Gasteiger partial charge in [0.1, 0.15) is 24.6 Å². The van der Waals surface area contributed by atoms with Gasteiger partial charge >= 0.3 is 17.9 Å². The largest absolute Gasteiger partial charge is 0.461 e. The van der Waals surface area contributed by atoms with Crippen molar-refractivity contribution in [2.45, 2.75) is 83.5 Å². The monoisotopic (exact) mass is 674 g/mol. The molecule has 258 valence electrons. The van der Waals surface area contributed by atoms with Crippen molar-refractivity contribution in [2.24, 2.45) is 0 Å². The second-order valence-electron chi connectivity index (χ2n) is 11.0. The van der Waals surface area contributed by atoms with Gasteiger partial charge in [-0.1, -0.05) is 12.1 Å². The van der Waals surface area contributed by atoms with Gasteiger partial charge in [-0.25, -0.2) is 4.79 Å². The van der Waals surface area contributed by atoms with Crippen LogP contribution >= 0.6 is 0 Å². The fourth-order valence-corrected chi connectivity index (χ4v) is 5.17. The van der Waals surface area contributed by atoms with Crippen LogP contribution in [0.3, 0.4) is 0 Å². The summed E-state index contributed by atoms with van der Waals surface area (Å²) < 4.78 is 26.3. The lowest BCUT2D eigenvalue weighted by molar-refractivity contribution is -0.358. The predicted molar refractivity (Wildman–Crippen MR) is 157 cm³/mol. The summed E-state index contributed by atoms with van der Waals surface area (Å²) in [5.74, 6) is -8.07. The van der Waals surface area contributed by atoms with E-state index in [0.29, 0.717) is 19.4 Å². The quantitative estimate of drug-likeness (QED) is 0.170. The minimum absolute atomic E-state index is 0.0501. The van der Waals surface area contributed by atoms with Crippen molar-refractivity contribution >= 4 is 41.0 Å². The Morgan fingerprint density at radius 2 is 1.29 bits per heavy atom. The Hall–Kier alpha value is -4.87. The topological polar surface area (TPSA) is 247 Å². The van der Waals surface area contributed by atoms with Gasteiger partial charge in [0.05, 0.1) is 5.56 Å². The van der Waals surface area contributed by atoms with Crippen LogP contribution in [-0.4, -0.2) is 96.8 Å². The van der Waals surface area contributed by atoms with Gasteiger partial charge in [-0.2, -0.15) is 0 Å². The van der Waals surface area contributed by atoms with Crippen LogP contribution < -0.4 is 14.2 Å². The Kier molecular flexibility index (Phi) is 11.0. The van der Waals surface area contributed by atoms with Crippen molar-refractivity contribution in [2.75, 3.05) is 0 Å². The minimum Gasteiger partial charge on any atom is -0.461 e. The number of benzene rings is 2. The Balaban J connectivity index is 1.88. The van der Waals surface area contributed by atoms with Crippen LogP contribution in [0.25, 0.3) is 0 Å². The number of ketones is 4. The molecule has 0 saturated carbocycles.